The molecule has 7 nitrogen and oxygen atoms in total. The van der Waals surface area contributed by atoms with Crippen LogP contribution in [0.4, 0.5) is 10.6 Å². The SMILES string of the molecule is CC1(C)COC(=O)N1c1cccc([C@@H]2CCCN(S(C)(=O)=O)C2)n1. The Labute approximate surface area is 142 Å². The Morgan fingerprint density at radius 2 is 2.08 bits per heavy atom. The summed E-state index contributed by atoms with van der Waals surface area (Å²) in [5.74, 6) is 0.589. The molecule has 8 heteroatoms. The highest BCUT2D eigenvalue weighted by atomic mass is 32.2. The van der Waals surface area contributed by atoms with Crippen LogP contribution in [0.15, 0.2) is 18.2 Å². The van der Waals surface area contributed by atoms with Gasteiger partial charge in [0.25, 0.3) is 0 Å². The quantitative estimate of drug-likeness (QED) is 0.830. The van der Waals surface area contributed by atoms with Gasteiger partial charge in [-0.1, -0.05) is 6.07 Å². The first kappa shape index (κ1) is 17.2. The predicted octanol–water partition coefficient (Wildman–Crippen LogP) is 1.96. The minimum Gasteiger partial charge on any atom is -0.447 e. The van der Waals surface area contributed by atoms with Crippen LogP contribution in [0.3, 0.4) is 0 Å². The van der Waals surface area contributed by atoms with Crippen LogP contribution in [0.25, 0.3) is 0 Å². The van der Waals surface area contributed by atoms with Gasteiger partial charge in [-0.25, -0.2) is 22.5 Å². The van der Waals surface area contributed by atoms with Gasteiger partial charge < -0.3 is 4.74 Å². The van der Waals surface area contributed by atoms with Crippen molar-refractivity contribution in [3.8, 4) is 0 Å². The molecule has 2 saturated heterocycles. The molecule has 0 aromatic carbocycles. The average molecular weight is 353 g/mol. The van der Waals surface area contributed by atoms with Crippen LogP contribution in [0.2, 0.25) is 0 Å². The standard InChI is InChI=1S/C16H23N3O4S/c1-16(2)11-23-15(20)19(16)14-8-4-7-13(17-14)12-6-5-9-18(10-12)24(3,21)22/h4,7-8,12H,5-6,9-11H2,1-3H3/t12-/m1/s1. The average Bonchev–Trinajstić information content (AvgIpc) is 2.80. The number of hydrogen-bond acceptors (Lipinski definition) is 5. The molecule has 3 heterocycles. The maximum absolute atomic E-state index is 12.0. The largest absolute Gasteiger partial charge is 0.447 e. The number of nitrogens with zero attached hydrogens (tertiary/aromatic N) is 3. The Balaban J connectivity index is 1.87. The van der Waals surface area contributed by atoms with E-state index in [1.54, 1.807) is 11.0 Å². The summed E-state index contributed by atoms with van der Waals surface area (Å²) in [6, 6.07) is 5.54. The maximum atomic E-state index is 12.0. The third-order valence-electron chi connectivity index (χ3n) is 4.59. The topological polar surface area (TPSA) is 79.8 Å². The summed E-state index contributed by atoms with van der Waals surface area (Å²) in [4.78, 5) is 18.2. The molecular weight excluding hydrogens is 330 g/mol. The van der Waals surface area contributed by atoms with Gasteiger partial charge in [-0.05, 0) is 38.8 Å². The zero-order valence-corrected chi connectivity index (χ0v) is 15.0. The predicted molar refractivity (Wildman–Crippen MR) is 90.5 cm³/mol. The molecule has 0 unspecified atom stereocenters. The number of rotatable bonds is 3. The molecule has 2 aliphatic rings. The highest BCUT2D eigenvalue weighted by Crippen LogP contribution is 2.32. The summed E-state index contributed by atoms with van der Waals surface area (Å²) in [5.41, 5.74) is 0.366. The van der Waals surface area contributed by atoms with Gasteiger partial charge >= 0.3 is 6.09 Å². The monoisotopic (exact) mass is 353 g/mol. The molecule has 0 N–H and O–H groups in total. The number of amides is 1. The zero-order chi connectivity index (χ0) is 17.5. The molecule has 2 aliphatic heterocycles. The molecule has 24 heavy (non-hydrogen) atoms. The van der Waals surface area contributed by atoms with Crippen molar-refractivity contribution < 1.29 is 17.9 Å². The van der Waals surface area contributed by atoms with E-state index in [4.69, 9.17) is 4.74 Å². The first-order chi connectivity index (χ1) is 11.2. The molecule has 0 spiro atoms. The van der Waals surface area contributed by atoms with E-state index in [0.717, 1.165) is 18.5 Å². The lowest BCUT2D eigenvalue weighted by Crippen LogP contribution is -2.43. The Morgan fingerprint density at radius 3 is 2.71 bits per heavy atom. The third-order valence-corrected chi connectivity index (χ3v) is 5.86. The lowest BCUT2D eigenvalue weighted by Gasteiger charge is -2.31. The normalized spacial score (nSPS) is 24.9. The van der Waals surface area contributed by atoms with Crippen molar-refractivity contribution in [2.24, 2.45) is 0 Å². The Hall–Kier alpha value is -1.67. The fourth-order valence-electron chi connectivity index (χ4n) is 3.29. The number of ether oxygens (including phenoxy) is 1. The number of carbonyl (C=O) groups excluding carboxylic acids is 1. The number of piperidine rings is 1. The Bertz CT molecular complexity index is 747. The van der Waals surface area contributed by atoms with Crippen LogP contribution < -0.4 is 4.90 Å². The second-order valence-electron chi connectivity index (χ2n) is 7.08. The first-order valence-electron chi connectivity index (χ1n) is 8.07. The summed E-state index contributed by atoms with van der Waals surface area (Å²) >= 11 is 0. The molecule has 0 aliphatic carbocycles. The van der Waals surface area contributed by atoms with Crippen molar-refractivity contribution >= 4 is 21.9 Å². The van der Waals surface area contributed by atoms with Crippen LogP contribution in [0.1, 0.15) is 38.3 Å². The van der Waals surface area contributed by atoms with Gasteiger partial charge in [0.1, 0.15) is 12.4 Å². The van der Waals surface area contributed by atoms with Crippen LogP contribution >= 0.6 is 0 Å². The summed E-state index contributed by atoms with van der Waals surface area (Å²) < 4.78 is 30.3. The van der Waals surface area contributed by atoms with E-state index in [2.05, 4.69) is 4.98 Å². The highest BCUT2D eigenvalue weighted by molar-refractivity contribution is 7.88. The number of aromatic nitrogens is 1. The van der Waals surface area contributed by atoms with Crippen LogP contribution in [0.5, 0.6) is 0 Å². The maximum Gasteiger partial charge on any atom is 0.416 e. The molecule has 0 radical (unpaired) electrons. The van der Waals surface area contributed by atoms with Crippen LogP contribution in [-0.4, -0.2) is 55.3 Å². The molecule has 0 saturated carbocycles. The van der Waals surface area contributed by atoms with E-state index in [0.29, 0.717) is 25.5 Å². The van der Waals surface area contributed by atoms with E-state index in [1.165, 1.54) is 10.6 Å². The summed E-state index contributed by atoms with van der Waals surface area (Å²) in [6.07, 6.45) is 2.53. The van der Waals surface area contributed by atoms with E-state index in [-0.39, 0.29) is 5.92 Å². The smallest absolute Gasteiger partial charge is 0.416 e. The number of anilines is 1. The van der Waals surface area contributed by atoms with Crippen LogP contribution in [0, 0.1) is 0 Å². The zero-order valence-electron chi connectivity index (χ0n) is 14.2. The van der Waals surface area contributed by atoms with Gasteiger partial charge in [-0.15, -0.1) is 0 Å². The Kier molecular flexibility index (Phi) is 4.29. The number of carbonyl (C=O) groups is 1. The molecule has 1 aromatic heterocycles. The molecular formula is C16H23N3O4S. The van der Waals surface area contributed by atoms with Gasteiger partial charge in [0, 0.05) is 24.7 Å². The van der Waals surface area contributed by atoms with Gasteiger partial charge in [0.2, 0.25) is 10.0 Å². The lowest BCUT2D eigenvalue weighted by molar-refractivity contribution is 0.175. The minimum absolute atomic E-state index is 0.0372. The van der Waals surface area contributed by atoms with Crippen molar-refractivity contribution in [3.05, 3.63) is 23.9 Å². The second-order valence-corrected chi connectivity index (χ2v) is 9.07. The molecule has 1 aromatic rings. The van der Waals surface area contributed by atoms with E-state index < -0.39 is 21.7 Å². The second kappa shape index (κ2) is 6.00. The molecule has 132 valence electrons. The molecule has 1 amide bonds. The van der Waals surface area contributed by atoms with Gasteiger partial charge in [0.05, 0.1) is 11.8 Å². The minimum atomic E-state index is -3.20. The molecule has 2 fully saturated rings. The Morgan fingerprint density at radius 1 is 1.33 bits per heavy atom. The van der Waals surface area contributed by atoms with Crippen molar-refractivity contribution in [1.29, 1.82) is 0 Å². The van der Waals surface area contributed by atoms with Crippen molar-refractivity contribution in [1.82, 2.24) is 9.29 Å². The lowest BCUT2D eigenvalue weighted by atomic mass is 9.95. The summed E-state index contributed by atoms with van der Waals surface area (Å²) in [6.45, 7) is 5.17. The van der Waals surface area contributed by atoms with E-state index >= 15 is 0 Å². The summed E-state index contributed by atoms with van der Waals surface area (Å²) in [5, 5.41) is 0. The third kappa shape index (κ3) is 3.25. The van der Waals surface area contributed by atoms with Crippen LogP contribution in [-0.2, 0) is 14.8 Å². The number of pyridine rings is 1. The van der Waals surface area contributed by atoms with E-state index in [1.807, 2.05) is 26.0 Å². The number of cyclic esters (lactones) is 1. The fraction of sp³-hybridized carbons (Fsp3) is 0.625. The fourth-order valence-corrected chi connectivity index (χ4v) is 4.21. The number of hydrogen-bond donors (Lipinski definition) is 0. The molecule has 3 rings (SSSR count). The summed E-state index contributed by atoms with van der Waals surface area (Å²) in [7, 11) is -3.20. The van der Waals surface area contributed by atoms with E-state index in [9.17, 15) is 13.2 Å². The van der Waals surface area contributed by atoms with Gasteiger partial charge in [-0.3, -0.25) is 4.90 Å². The van der Waals surface area contributed by atoms with Crippen molar-refractivity contribution in [2.45, 2.75) is 38.1 Å². The van der Waals surface area contributed by atoms with Crippen molar-refractivity contribution in [3.63, 3.8) is 0 Å². The molecule has 1 atom stereocenters. The number of sulfonamides is 1. The highest BCUT2D eigenvalue weighted by Gasteiger charge is 2.42. The van der Waals surface area contributed by atoms with Crippen molar-refractivity contribution in [2.75, 3.05) is 30.9 Å². The van der Waals surface area contributed by atoms with Gasteiger partial charge in [-0.2, -0.15) is 0 Å². The molecule has 0 bridgehead atoms. The first-order valence-corrected chi connectivity index (χ1v) is 9.92. The van der Waals surface area contributed by atoms with Gasteiger partial charge in [0.15, 0.2) is 0 Å².